The second-order valence-electron chi connectivity index (χ2n) is 9.63. The van der Waals surface area contributed by atoms with Gasteiger partial charge in [-0.05, 0) is 69.0 Å². The molecule has 1 heterocycles. The molecule has 2 atom stereocenters. The third-order valence-corrected chi connectivity index (χ3v) is 6.24. The van der Waals surface area contributed by atoms with Crippen molar-refractivity contribution in [3.8, 4) is 5.75 Å². The molecule has 2 aromatic carbocycles. The highest BCUT2D eigenvalue weighted by Crippen LogP contribution is 2.44. The van der Waals surface area contributed by atoms with E-state index in [4.69, 9.17) is 14.2 Å². The van der Waals surface area contributed by atoms with Gasteiger partial charge < -0.3 is 14.2 Å². The van der Waals surface area contributed by atoms with Gasteiger partial charge in [0.2, 0.25) is 0 Å². The fraction of sp³-hybridized carbons (Fsp3) is 0.519. The van der Waals surface area contributed by atoms with E-state index in [9.17, 15) is 26.7 Å². The monoisotopic (exact) mass is 514 g/mol. The minimum atomic E-state index is -4.76. The molecular formula is C27H31F5O4. The summed E-state index contributed by atoms with van der Waals surface area (Å²) in [5.74, 6) is -1.33. The SMILES string of the molecule is CCC1(CCCCC(=O)c2ccc(OCC(C)(C)F)c(C(F)(F)F)c2)OCOC1c1cccc(F)c1. The molecule has 0 aromatic heterocycles. The Morgan fingerprint density at radius 2 is 1.86 bits per heavy atom. The van der Waals surface area contributed by atoms with Crippen molar-refractivity contribution in [2.75, 3.05) is 13.4 Å². The number of carbonyl (C=O) groups excluding carboxylic acids is 1. The number of rotatable bonds is 11. The van der Waals surface area contributed by atoms with Gasteiger partial charge in [0.1, 0.15) is 42.3 Å². The van der Waals surface area contributed by atoms with E-state index in [0.29, 0.717) is 31.2 Å². The maximum absolute atomic E-state index is 13.7. The van der Waals surface area contributed by atoms with Crippen LogP contribution in [0.2, 0.25) is 0 Å². The summed E-state index contributed by atoms with van der Waals surface area (Å²) < 4.78 is 84.7. The first-order valence-corrected chi connectivity index (χ1v) is 11.9. The average Bonchev–Trinajstić information content (AvgIpc) is 3.23. The van der Waals surface area contributed by atoms with Crippen LogP contribution in [-0.2, 0) is 15.7 Å². The summed E-state index contributed by atoms with van der Waals surface area (Å²) in [6.45, 7) is 3.86. The Bertz CT molecular complexity index is 1050. The maximum Gasteiger partial charge on any atom is 0.419 e. The van der Waals surface area contributed by atoms with Crippen molar-refractivity contribution in [2.24, 2.45) is 0 Å². The predicted molar refractivity (Wildman–Crippen MR) is 124 cm³/mol. The molecule has 0 spiro atoms. The van der Waals surface area contributed by atoms with E-state index in [0.717, 1.165) is 12.1 Å². The zero-order chi connectivity index (χ0) is 26.6. The molecule has 1 aliphatic heterocycles. The normalized spacial score (nSPS) is 20.5. The lowest BCUT2D eigenvalue weighted by atomic mass is 9.84. The lowest BCUT2D eigenvalue weighted by molar-refractivity contribution is -0.139. The van der Waals surface area contributed by atoms with Crippen LogP contribution in [0, 0.1) is 5.82 Å². The van der Waals surface area contributed by atoms with Gasteiger partial charge in [0.15, 0.2) is 5.78 Å². The van der Waals surface area contributed by atoms with Crippen LogP contribution in [0.4, 0.5) is 22.0 Å². The molecular weight excluding hydrogens is 483 g/mol. The molecule has 0 amide bonds. The highest BCUT2D eigenvalue weighted by molar-refractivity contribution is 5.96. The number of ketones is 1. The molecule has 0 bridgehead atoms. The standard InChI is InChI=1S/C27H31F5O4/c1-4-26(24(35-17-36-26)19-8-7-9-20(28)14-19)13-6-5-10-22(33)18-11-12-23(34-16-25(2,3)29)21(15-18)27(30,31)32/h7-9,11-12,14-15,24H,4-6,10,13,16-17H2,1-3H3. The Labute approximate surface area is 207 Å². The summed E-state index contributed by atoms with van der Waals surface area (Å²) in [5.41, 5.74) is -3.02. The number of hydrogen-bond acceptors (Lipinski definition) is 4. The second kappa shape index (κ2) is 11.3. The van der Waals surface area contributed by atoms with E-state index in [1.165, 1.54) is 32.0 Å². The first kappa shape index (κ1) is 28.1. The Balaban J connectivity index is 1.63. The van der Waals surface area contributed by atoms with Crippen LogP contribution in [0.25, 0.3) is 0 Å². The summed E-state index contributed by atoms with van der Waals surface area (Å²) in [4.78, 5) is 12.7. The number of unbranched alkanes of at least 4 members (excludes halogenated alkanes) is 1. The molecule has 0 radical (unpaired) electrons. The van der Waals surface area contributed by atoms with E-state index in [-0.39, 0.29) is 24.6 Å². The van der Waals surface area contributed by atoms with Crippen LogP contribution in [0.3, 0.4) is 0 Å². The Kier molecular flexibility index (Phi) is 8.77. The number of benzene rings is 2. The fourth-order valence-electron chi connectivity index (χ4n) is 4.34. The van der Waals surface area contributed by atoms with Crippen LogP contribution < -0.4 is 4.74 Å². The molecule has 0 saturated carbocycles. The molecule has 2 unspecified atom stereocenters. The highest BCUT2D eigenvalue weighted by Gasteiger charge is 2.44. The summed E-state index contributed by atoms with van der Waals surface area (Å²) in [6.07, 6.45) is -3.04. The summed E-state index contributed by atoms with van der Waals surface area (Å²) in [7, 11) is 0. The molecule has 1 fully saturated rings. The predicted octanol–water partition coefficient (Wildman–Crippen LogP) is 7.61. The Morgan fingerprint density at radius 1 is 1.11 bits per heavy atom. The molecule has 2 aromatic rings. The molecule has 3 rings (SSSR count). The van der Waals surface area contributed by atoms with Crippen LogP contribution in [0.1, 0.15) is 80.5 Å². The van der Waals surface area contributed by atoms with Gasteiger partial charge >= 0.3 is 6.18 Å². The number of halogens is 5. The van der Waals surface area contributed by atoms with Crippen molar-refractivity contribution >= 4 is 5.78 Å². The number of carbonyl (C=O) groups is 1. The molecule has 0 aliphatic carbocycles. The molecule has 1 saturated heterocycles. The van der Waals surface area contributed by atoms with Crippen LogP contribution in [0.5, 0.6) is 5.75 Å². The number of ether oxygens (including phenoxy) is 3. The van der Waals surface area contributed by atoms with Gasteiger partial charge in [-0.1, -0.05) is 25.5 Å². The lowest BCUT2D eigenvalue weighted by Gasteiger charge is -2.32. The molecule has 1 aliphatic rings. The van der Waals surface area contributed by atoms with Gasteiger partial charge in [-0.25, -0.2) is 8.78 Å². The smallest absolute Gasteiger partial charge is 0.419 e. The molecule has 198 valence electrons. The van der Waals surface area contributed by atoms with Gasteiger partial charge in [-0.3, -0.25) is 4.79 Å². The Hall–Kier alpha value is -2.52. The number of Topliss-reactive ketones (excluding diaryl/α,β-unsaturated/α-hetero) is 1. The van der Waals surface area contributed by atoms with Crippen LogP contribution in [0.15, 0.2) is 42.5 Å². The largest absolute Gasteiger partial charge is 0.490 e. The topological polar surface area (TPSA) is 44.8 Å². The number of hydrogen-bond donors (Lipinski definition) is 0. The van der Waals surface area contributed by atoms with E-state index < -0.39 is 47.3 Å². The van der Waals surface area contributed by atoms with Gasteiger partial charge in [0, 0.05) is 12.0 Å². The minimum absolute atomic E-state index is 0.0420. The molecule has 36 heavy (non-hydrogen) atoms. The fourth-order valence-corrected chi connectivity index (χ4v) is 4.34. The van der Waals surface area contributed by atoms with Gasteiger partial charge in [0.25, 0.3) is 0 Å². The van der Waals surface area contributed by atoms with E-state index in [1.807, 2.05) is 6.92 Å². The average molecular weight is 515 g/mol. The van der Waals surface area contributed by atoms with Gasteiger partial charge in [0.05, 0.1) is 5.56 Å². The zero-order valence-corrected chi connectivity index (χ0v) is 20.6. The number of alkyl halides is 4. The van der Waals surface area contributed by atoms with Crippen molar-refractivity contribution in [3.63, 3.8) is 0 Å². The molecule has 0 N–H and O–H groups in total. The minimum Gasteiger partial charge on any atom is -0.490 e. The van der Waals surface area contributed by atoms with Gasteiger partial charge in [-0.2, -0.15) is 13.2 Å². The third-order valence-electron chi connectivity index (χ3n) is 6.24. The second-order valence-corrected chi connectivity index (χ2v) is 9.63. The van der Waals surface area contributed by atoms with Crippen molar-refractivity contribution in [3.05, 3.63) is 65.0 Å². The molecule has 4 nitrogen and oxygen atoms in total. The Morgan fingerprint density at radius 3 is 2.50 bits per heavy atom. The summed E-state index contributed by atoms with van der Waals surface area (Å²) in [5, 5.41) is 0. The van der Waals surface area contributed by atoms with Crippen LogP contribution >= 0.6 is 0 Å². The molecule has 9 heteroatoms. The van der Waals surface area contributed by atoms with Crippen molar-refractivity contribution in [1.29, 1.82) is 0 Å². The first-order valence-electron chi connectivity index (χ1n) is 11.9. The van der Waals surface area contributed by atoms with Crippen molar-refractivity contribution < 1.29 is 41.0 Å². The van der Waals surface area contributed by atoms with Gasteiger partial charge in [-0.15, -0.1) is 0 Å². The van der Waals surface area contributed by atoms with E-state index >= 15 is 0 Å². The lowest BCUT2D eigenvalue weighted by Crippen LogP contribution is -2.33. The first-order chi connectivity index (χ1) is 16.8. The summed E-state index contributed by atoms with van der Waals surface area (Å²) >= 11 is 0. The van der Waals surface area contributed by atoms with E-state index in [2.05, 4.69) is 0 Å². The van der Waals surface area contributed by atoms with Crippen LogP contribution in [-0.4, -0.2) is 30.5 Å². The van der Waals surface area contributed by atoms with Crippen molar-refractivity contribution in [2.45, 2.75) is 76.4 Å². The quantitative estimate of drug-likeness (QED) is 0.176. The maximum atomic E-state index is 13.7. The van der Waals surface area contributed by atoms with E-state index in [1.54, 1.807) is 12.1 Å². The third kappa shape index (κ3) is 7.03. The zero-order valence-electron chi connectivity index (χ0n) is 20.6. The summed E-state index contributed by atoms with van der Waals surface area (Å²) in [6, 6.07) is 9.22. The highest BCUT2D eigenvalue weighted by atomic mass is 19.4. The van der Waals surface area contributed by atoms with Crippen molar-refractivity contribution in [1.82, 2.24) is 0 Å².